The van der Waals surface area contributed by atoms with E-state index in [0.717, 1.165) is 0 Å². The van der Waals surface area contributed by atoms with Crippen molar-refractivity contribution in [2.45, 2.75) is 6.92 Å². The molecule has 104 valence electrons. The first-order chi connectivity index (χ1) is 9.58. The van der Waals surface area contributed by atoms with Crippen LogP contribution in [-0.4, -0.2) is 33.9 Å². The van der Waals surface area contributed by atoms with Crippen molar-refractivity contribution in [3.8, 4) is 0 Å². The number of benzene rings is 1. The molecule has 0 aliphatic heterocycles. The monoisotopic (exact) mass is 275 g/mol. The Kier molecular flexibility index (Phi) is 4.04. The molecule has 2 N–H and O–H groups in total. The number of non-ortho nitro benzene ring substituents is 1. The van der Waals surface area contributed by atoms with Crippen molar-refractivity contribution in [1.29, 1.82) is 0 Å². The van der Waals surface area contributed by atoms with Crippen LogP contribution in [0, 0.1) is 10.1 Å². The van der Waals surface area contributed by atoms with Crippen LogP contribution in [0.5, 0.6) is 0 Å². The third-order valence-corrected chi connectivity index (χ3v) is 2.62. The highest BCUT2D eigenvalue weighted by molar-refractivity contribution is 5.90. The van der Waals surface area contributed by atoms with E-state index in [1.807, 2.05) is 0 Å². The van der Waals surface area contributed by atoms with E-state index in [0.29, 0.717) is 29.8 Å². The number of fused-ring (bicyclic) bond motifs is 1. The van der Waals surface area contributed by atoms with E-state index in [-0.39, 0.29) is 11.6 Å². The van der Waals surface area contributed by atoms with Gasteiger partial charge in [-0.3, -0.25) is 14.9 Å². The molecule has 2 rings (SSSR count). The van der Waals surface area contributed by atoms with Gasteiger partial charge in [0.05, 0.1) is 10.4 Å². The number of nitro benzene ring substituents is 1. The van der Waals surface area contributed by atoms with Crippen LogP contribution >= 0.6 is 0 Å². The number of rotatable bonds is 5. The third-order valence-electron chi connectivity index (χ3n) is 2.62. The molecule has 0 saturated heterocycles. The zero-order chi connectivity index (χ0) is 14.5. The molecule has 0 fully saturated rings. The molecular weight excluding hydrogens is 262 g/mol. The molecule has 0 unspecified atom stereocenters. The molecule has 1 amide bonds. The molecular formula is C12H13N5O3. The molecule has 1 heterocycles. The molecule has 8 nitrogen and oxygen atoms in total. The van der Waals surface area contributed by atoms with E-state index in [1.165, 1.54) is 25.4 Å². The number of nitro groups is 1. The fourth-order valence-electron chi connectivity index (χ4n) is 1.72. The summed E-state index contributed by atoms with van der Waals surface area (Å²) in [5.41, 5.74) is 0.602. The summed E-state index contributed by atoms with van der Waals surface area (Å²) in [5.74, 6) is 0.388. The van der Waals surface area contributed by atoms with Gasteiger partial charge in [0.2, 0.25) is 5.91 Å². The van der Waals surface area contributed by atoms with Crippen LogP contribution < -0.4 is 10.6 Å². The lowest BCUT2D eigenvalue weighted by molar-refractivity contribution is -0.384. The van der Waals surface area contributed by atoms with Crippen molar-refractivity contribution in [1.82, 2.24) is 15.3 Å². The van der Waals surface area contributed by atoms with Gasteiger partial charge in [-0.1, -0.05) is 0 Å². The number of carbonyl (C=O) groups excluding carboxylic acids is 1. The smallest absolute Gasteiger partial charge is 0.270 e. The molecule has 2 aromatic rings. The van der Waals surface area contributed by atoms with E-state index in [2.05, 4.69) is 20.6 Å². The number of amides is 1. The summed E-state index contributed by atoms with van der Waals surface area (Å²) < 4.78 is 0. The van der Waals surface area contributed by atoms with Crippen molar-refractivity contribution in [3.05, 3.63) is 34.6 Å². The minimum absolute atomic E-state index is 0.0165. The average molecular weight is 275 g/mol. The topological polar surface area (TPSA) is 110 Å². The van der Waals surface area contributed by atoms with Crippen molar-refractivity contribution < 1.29 is 9.72 Å². The van der Waals surface area contributed by atoms with Crippen LogP contribution in [0.1, 0.15) is 6.92 Å². The minimum Gasteiger partial charge on any atom is -0.368 e. The van der Waals surface area contributed by atoms with Crippen LogP contribution in [0.25, 0.3) is 10.9 Å². The SMILES string of the molecule is CC(=O)NCCNc1ncnc2ccc([N+](=O)[O-])cc12. The van der Waals surface area contributed by atoms with Gasteiger partial charge >= 0.3 is 0 Å². The zero-order valence-corrected chi connectivity index (χ0v) is 10.8. The normalized spacial score (nSPS) is 10.2. The Balaban J connectivity index is 2.21. The summed E-state index contributed by atoms with van der Waals surface area (Å²) in [6.07, 6.45) is 1.38. The first-order valence-electron chi connectivity index (χ1n) is 5.95. The Morgan fingerprint density at radius 1 is 1.35 bits per heavy atom. The Bertz CT molecular complexity index is 659. The lowest BCUT2D eigenvalue weighted by atomic mass is 10.2. The predicted molar refractivity (Wildman–Crippen MR) is 73.4 cm³/mol. The molecule has 20 heavy (non-hydrogen) atoms. The highest BCUT2D eigenvalue weighted by atomic mass is 16.6. The van der Waals surface area contributed by atoms with Crippen molar-refractivity contribution in [3.63, 3.8) is 0 Å². The molecule has 0 bridgehead atoms. The van der Waals surface area contributed by atoms with E-state index in [4.69, 9.17) is 0 Å². The van der Waals surface area contributed by atoms with Gasteiger partial charge in [-0.2, -0.15) is 0 Å². The van der Waals surface area contributed by atoms with Crippen LogP contribution in [0.15, 0.2) is 24.5 Å². The van der Waals surface area contributed by atoms with Crippen LogP contribution in [0.3, 0.4) is 0 Å². The summed E-state index contributed by atoms with van der Waals surface area (Å²) in [7, 11) is 0. The molecule has 0 saturated carbocycles. The fraction of sp³-hybridized carbons (Fsp3) is 0.250. The number of nitrogens with zero attached hydrogens (tertiary/aromatic N) is 3. The molecule has 0 aliphatic carbocycles. The number of carbonyl (C=O) groups is 1. The predicted octanol–water partition coefficient (Wildman–Crippen LogP) is 1.09. The standard InChI is InChI=1S/C12H13N5O3/c1-8(18)13-4-5-14-12-10-6-9(17(19)20)2-3-11(10)15-7-16-12/h2-3,6-7H,4-5H2,1H3,(H,13,18)(H,14,15,16). The van der Waals surface area contributed by atoms with Gasteiger partial charge in [-0.05, 0) is 6.07 Å². The second kappa shape index (κ2) is 5.91. The summed E-state index contributed by atoms with van der Waals surface area (Å²) in [4.78, 5) is 29.2. The molecule has 1 aromatic carbocycles. The average Bonchev–Trinajstić information content (AvgIpc) is 2.42. The molecule has 1 aromatic heterocycles. The van der Waals surface area contributed by atoms with Gasteiger partial charge in [-0.25, -0.2) is 9.97 Å². The van der Waals surface area contributed by atoms with Crippen molar-refractivity contribution in [2.75, 3.05) is 18.4 Å². The number of hydrogen-bond acceptors (Lipinski definition) is 6. The Morgan fingerprint density at radius 2 is 2.15 bits per heavy atom. The number of aromatic nitrogens is 2. The Hall–Kier alpha value is -2.77. The Labute approximate surface area is 114 Å². The number of hydrogen-bond donors (Lipinski definition) is 2. The molecule has 0 aliphatic rings. The number of anilines is 1. The van der Waals surface area contributed by atoms with E-state index < -0.39 is 4.92 Å². The van der Waals surface area contributed by atoms with Gasteiger partial charge in [0.25, 0.3) is 5.69 Å². The van der Waals surface area contributed by atoms with Crippen LogP contribution in [0.2, 0.25) is 0 Å². The first kappa shape index (κ1) is 13.7. The van der Waals surface area contributed by atoms with E-state index >= 15 is 0 Å². The highest BCUT2D eigenvalue weighted by Crippen LogP contribution is 2.23. The number of nitrogens with one attached hydrogen (secondary N) is 2. The van der Waals surface area contributed by atoms with Gasteiger partial charge < -0.3 is 10.6 Å². The van der Waals surface area contributed by atoms with Gasteiger partial charge in [0.15, 0.2) is 0 Å². The molecule has 0 atom stereocenters. The van der Waals surface area contributed by atoms with Gasteiger partial charge in [-0.15, -0.1) is 0 Å². The van der Waals surface area contributed by atoms with Crippen LogP contribution in [-0.2, 0) is 4.79 Å². The Morgan fingerprint density at radius 3 is 2.85 bits per heavy atom. The quantitative estimate of drug-likeness (QED) is 0.480. The van der Waals surface area contributed by atoms with E-state index in [9.17, 15) is 14.9 Å². The maximum Gasteiger partial charge on any atom is 0.270 e. The van der Waals surface area contributed by atoms with Gasteiger partial charge in [0.1, 0.15) is 12.1 Å². The second-order valence-electron chi connectivity index (χ2n) is 4.09. The van der Waals surface area contributed by atoms with E-state index in [1.54, 1.807) is 6.07 Å². The molecule has 0 spiro atoms. The van der Waals surface area contributed by atoms with Crippen molar-refractivity contribution in [2.24, 2.45) is 0 Å². The van der Waals surface area contributed by atoms with Gasteiger partial charge in [0, 0.05) is 37.5 Å². The minimum atomic E-state index is -0.465. The van der Waals surface area contributed by atoms with Crippen molar-refractivity contribution >= 4 is 28.3 Å². The lowest BCUT2D eigenvalue weighted by Gasteiger charge is -2.08. The summed E-state index contributed by atoms with van der Waals surface area (Å²) in [6.45, 7) is 2.34. The maximum absolute atomic E-state index is 10.8. The van der Waals surface area contributed by atoms with Crippen LogP contribution in [0.4, 0.5) is 11.5 Å². The highest BCUT2D eigenvalue weighted by Gasteiger charge is 2.10. The lowest BCUT2D eigenvalue weighted by Crippen LogP contribution is -2.26. The third kappa shape index (κ3) is 3.16. The first-order valence-corrected chi connectivity index (χ1v) is 5.95. The summed E-state index contributed by atoms with van der Waals surface area (Å²) >= 11 is 0. The second-order valence-corrected chi connectivity index (χ2v) is 4.09. The molecule has 8 heteroatoms. The summed E-state index contributed by atoms with van der Waals surface area (Å²) in [6, 6.07) is 4.40. The zero-order valence-electron chi connectivity index (χ0n) is 10.8. The largest absolute Gasteiger partial charge is 0.368 e. The maximum atomic E-state index is 10.8. The molecule has 0 radical (unpaired) electrons. The fourth-order valence-corrected chi connectivity index (χ4v) is 1.72. The summed E-state index contributed by atoms with van der Waals surface area (Å²) in [5, 5.41) is 17.0.